The van der Waals surface area contributed by atoms with Crippen LogP contribution in [0, 0.1) is 6.92 Å². The second-order valence-electron chi connectivity index (χ2n) is 6.97. The molecule has 22 heavy (non-hydrogen) atoms. The van der Waals surface area contributed by atoms with Crippen LogP contribution in [0.1, 0.15) is 39.3 Å². The molecule has 5 heteroatoms. The zero-order chi connectivity index (χ0) is 16.3. The number of carbonyl (C=O) groups excluding carboxylic acids is 1. The lowest BCUT2D eigenvalue weighted by atomic mass is 10.0. The second kappa shape index (κ2) is 6.55. The van der Waals surface area contributed by atoms with E-state index in [9.17, 15) is 4.79 Å². The van der Waals surface area contributed by atoms with Gasteiger partial charge in [-0.1, -0.05) is 6.07 Å². The Labute approximate surface area is 133 Å². The Morgan fingerprint density at radius 2 is 2.14 bits per heavy atom. The summed E-state index contributed by atoms with van der Waals surface area (Å²) in [5.41, 5.74) is 0.553. The number of pyridine rings is 1. The first-order valence-corrected chi connectivity index (χ1v) is 7.91. The summed E-state index contributed by atoms with van der Waals surface area (Å²) in [6.07, 6.45) is 1.79. The molecular weight excluding hydrogens is 278 g/mol. The minimum absolute atomic E-state index is 0.158. The fourth-order valence-corrected chi connectivity index (χ4v) is 2.67. The van der Waals surface area contributed by atoms with E-state index < -0.39 is 5.60 Å². The molecule has 2 rings (SSSR count). The molecule has 122 valence electrons. The van der Waals surface area contributed by atoms with Crippen LogP contribution in [-0.4, -0.2) is 47.8 Å². The van der Waals surface area contributed by atoms with Crippen LogP contribution < -0.4 is 4.90 Å². The number of hydrogen-bond acceptors (Lipinski definition) is 4. The summed E-state index contributed by atoms with van der Waals surface area (Å²) in [4.78, 5) is 20.8. The van der Waals surface area contributed by atoms with Crippen LogP contribution in [0.15, 0.2) is 18.2 Å². The minimum atomic E-state index is -0.461. The van der Waals surface area contributed by atoms with Gasteiger partial charge in [0.05, 0.1) is 6.04 Å². The maximum atomic E-state index is 12.2. The van der Waals surface area contributed by atoms with Gasteiger partial charge in [-0.15, -0.1) is 0 Å². The minimum Gasteiger partial charge on any atom is -0.444 e. The third-order valence-corrected chi connectivity index (χ3v) is 3.82. The molecule has 0 bridgehead atoms. The molecule has 5 nitrogen and oxygen atoms in total. The number of piperidine rings is 1. The molecule has 0 N–H and O–H groups in total. The van der Waals surface area contributed by atoms with Crippen molar-refractivity contribution in [1.82, 2.24) is 9.88 Å². The highest BCUT2D eigenvalue weighted by Crippen LogP contribution is 2.22. The van der Waals surface area contributed by atoms with Gasteiger partial charge in [-0.25, -0.2) is 9.78 Å². The molecule has 1 amide bonds. The first-order chi connectivity index (χ1) is 10.3. The van der Waals surface area contributed by atoms with Gasteiger partial charge in [0.15, 0.2) is 0 Å². The molecule has 1 aromatic rings. The van der Waals surface area contributed by atoms with Gasteiger partial charge >= 0.3 is 6.09 Å². The van der Waals surface area contributed by atoms with Crippen molar-refractivity contribution in [3.8, 4) is 0 Å². The fraction of sp³-hybridized carbons (Fsp3) is 0.647. The number of aryl methyl sites for hydroxylation is 1. The Hall–Kier alpha value is -1.78. The lowest BCUT2D eigenvalue weighted by molar-refractivity contribution is 0.0209. The number of hydrogen-bond donors (Lipinski definition) is 0. The number of amides is 1. The third kappa shape index (κ3) is 4.36. The van der Waals surface area contributed by atoms with Crippen molar-refractivity contribution >= 4 is 11.9 Å². The summed E-state index contributed by atoms with van der Waals surface area (Å²) < 4.78 is 5.47. The number of aromatic nitrogens is 1. The van der Waals surface area contributed by atoms with Crippen molar-refractivity contribution in [2.75, 3.05) is 25.0 Å². The van der Waals surface area contributed by atoms with E-state index in [1.807, 2.05) is 52.9 Å². The molecule has 0 spiro atoms. The Kier molecular flexibility index (Phi) is 4.94. The number of rotatable bonds is 2. The summed E-state index contributed by atoms with van der Waals surface area (Å²) in [6.45, 7) is 9.45. The highest BCUT2D eigenvalue weighted by atomic mass is 16.6. The fourth-order valence-electron chi connectivity index (χ4n) is 2.67. The number of likely N-dealkylation sites (N-methyl/N-ethyl adjacent to an activating group) is 1. The van der Waals surface area contributed by atoms with Gasteiger partial charge in [-0.3, -0.25) is 0 Å². The Morgan fingerprint density at radius 3 is 2.77 bits per heavy atom. The van der Waals surface area contributed by atoms with Crippen LogP contribution in [-0.2, 0) is 4.74 Å². The van der Waals surface area contributed by atoms with Crippen LogP contribution >= 0.6 is 0 Å². The highest BCUT2D eigenvalue weighted by Gasteiger charge is 2.29. The first-order valence-electron chi connectivity index (χ1n) is 7.91. The quantitative estimate of drug-likeness (QED) is 0.841. The van der Waals surface area contributed by atoms with Gasteiger partial charge in [0.1, 0.15) is 11.4 Å². The molecule has 0 saturated carbocycles. The molecule has 1 unspecified atom stereocenters. The van der Waals surface area contributed by atoms with E-state index in [0.29, 0.717) is 0 Å². The van der Waals surface area contributed by atoms with Crippen molar-refractivity contribution in [1.29, 1.82) is 0 Å². The molecular formula is C17H27N3O2. The smallest absolute Gasteiger partial charge is 0.410 e. The molecule has 1 aromatic heterocycles. The Morgan fingerprint density at radius 1 is 1.41 bits per heavy atom. The maximum Gasteiger partial charge on any atom is 0.410 e. The zero-order valence-electron chi connectivity index (χ0n) is 14.3. The summed E-state index contributed by atoms with van der Waals surface area (Å²) in [6, 6.07) is 6.21. The topological polar surface area (TPSA) is 45.7 Å². The van der Waals surface area contributed by atoms with Crippen LogP contribution in [0.2, 0.25) is 0 Å². The summed E-state index contributed by atoms with van der Waals surface area (Å²) >= 11 is 0. The molecule has 1 atom stereocenters. The van der Waals surface area contributed by atoms with Crippen molar-refractivity contribution < 1.29 is 9.53 Å². The molecule has 2 heterocycles. The number of nitrogens with zero attached hydrogens (tertiary/aromatic N) is 3. The predicted molar refractivity (Wildman–Crippen MR) is 88.2 cm³/mol. The SMILES string of the molecule is Cc1cccc(N2CCCC(N(C)C(=O)OC(C)(C)C)C2)n1. The second-order valence-corrected chi connectivity index (χ2v) is 6.97. The van der Waals surface area contributed by atoms with E-state index in [2.05, 4.69) is 9.88 Å². The van der Waals surface area contributed by atoms with Crippen molar-refractivity contribution in [2.45, 2.75) is 52.2 Å². The normalized spacial score (nSPS) is 19.0. The number of carbonyl (C=O) groups is 1. The molecule has 0 aliphatic carbocycles. The van der Waals surface area contributed by atoms with Gasteiger partial charge in [-0.2, -0.15) is 0 Å². The molecule has 1 saturated heterocycles. The Bertz CT molecular complexity index is 525. The lowest BCUT2D eigenvalue weighted by Crippen LogP contribution is -2.50. The highest BCUT2D eigenvalue weighted by molar-refractivity contribution is 5.68. The van der Waals surface area contributed by atoms with Crippen molar-refractivity contribution in [2.24, 2.45) is 0 Å². The van der Waals surface area contributed by atoms with Gasteiger partial charge in [0.2, 0.25) is 0 Å². The van der Waals surface area contributed by atoms with Gasteiger partial charge < -0.3 is 14.5 Å². The van der Waals surface area contributed by atoms with E-state index >= 15 is 0 Å². The summed E-state index contributed by atoms with van der Waals surface area (Å²) in [5.74, 6) is 0.988. The molecule has 1 aliphatic heterocycles. The average molecular weight is 305 g/mol. The van der Waals surface area contributed by atoms with E-state index in [1.54, 1.807) is 4.90 Å². The summed E-state index contributed by atoms with van der Waals surface area (Å²) in [7, 11) is 1.83. The number of anilines is 1. The van der Waals surface area contributed by atoms with E-state index in [0.717, 1.165) is 37.4 Å². The van der Waals surface area contributed by atoms with Crippen LogP contribution in [0.5, 0.6) is 0 Å². The van der Waals surface area contributed by atoms with Crippen LogP contribution in [0.4, 0.5) is 10.6 Å². The molecule has 0 aromatic carbocycles. The Balaban J connectivity index is 2.02. The van der Waals surface area contributed by atoms with Crippen molar-refractivity contribution in [3.63, 3.8) is 0 Å². The van der Waals surface area contributed by atoms with E-state index in [-0.39, 0.29) is 12.1 Å². The predicted octanol–water partition coefficient (Wildman–Crippen LogP) is 3.23. The first kappa shape index (κ1) is 16.6. The van der Waals surface area contributed by atoms with Crippen molar-refractivity contribution in [3.05, 3.63) is 23.9 Å². The zero-order valence-corrected chi connectivity index (χ0v) is 14.3. The van der Waals surface area contributed by atoms with Crippen LogP contribution in [0.25, 0.3) is 0 Å². The standard InChI is InChI=1S/C17H27N3O2/c1-13-8-6-10-15(18-13)20-11-7-9-14(12-20)19(5)16(21)22-17(2,3)4/h6,8,10,14H,7,9,11-12H2,1-5H3. The monoisotopic (exact) mass is 305 g/mol. The molecule has 0 radical (unpaired) electrons. The maximum absolute atomic E-state index is 12.2. The van der Waals surface area contributed by atoms with E-state index in [4.69, 9.17) is 4.74 Å². The largest absolute Gasteiger partial charge is 0.444 e. The van der Waals surface area contributed by atoms with E-state index in [1.165, 1.54) is 0 Å². The number of ether oxygens (including phenoxy) is 1. The average Bonchev–Trinajstić information content (AvgIpc) is 2.45. The molecule has 1 aliphatic rings. The summed E-state index contributed by atoms with van der Waals surface area (Å²) in [5, 5.41) is 0. The van der Waals surface area contributed by atoms with Gasteiger partial charge in [0, 0.05) is 25.8 Å². The third-order valence-electron chi connectivity index (χ3n) is 3.82. The molecule has 1 fully saturated rings. The van der Waals surface area contributed by atoms with Crippen LogP contribution in [0.3, 0.4) is 0 Å². The lowest BCUT2D eigenvalue weighted by Gasteiger charge is -2.38. The van der Waals surface area contributed by atoms with Gasteiger partial charge in [0.25, 0.3) is 0 Å². The van der Waals surface area contributed by atoms with Gasteiger partial charge in [-0.05, 0) is 52.7 Å².